The van der Waals surface area contributed by atoms with Crippen molar-refractivity contribution in [1.29, 1.82) is 0 Å². The maximum Gasteiger partial charge on any atom is 0.261 e. The molecule has 29 heavy (non-hydrogen) atoms. The number of thiophene rings is 1. The molecule has 0 aliphatic heterocycles. The number of H-pyrrole nitrogens is 2. The summed E-state index contributed by atoms with van der Waals surface area (Å²) < 4.78 is 0. The molecule has 0 fully saturated rings. The number of nitrogens with one attached hydrogen (secondary N) is 3. The highest BCUT2D eigenvalue weighted by Crippen LogP contribution is 2.25. The minimum absolute atomic E-state index is 0.157. The van der Waals surface area contributed by atoms with Crippen molar-refractivity contribution in [3.8, 4) is 0 Å². The van der Waals surface area contributed by atoms with Crippen LogP contribution in [0.4, 0.5) is 0 Å². The van der Waals surface area contributed by atoms with Gasteiger partial charge in [0.05, 0.1) is 16.6 Å². The Kier molecular flexibility index (Phi) is 5.07. The molecule has 0 aliphatic carbocycles. The molecule has 0 aliphatic rings. The highest BCUT2D eigenvalue weighted by atomic mass is 32.1. The van der Waals surface area contributed by atoms with Crippen molar-refractivity contribution in [2.75, 3.05) is 0 Å². The average Bonchev–Trinajstić information content (AvgIpc) is 3.24. The molecular formula is C22H22N4O2S. The van der Waals surface area contributed by atoms with Crippen LogP contribution in [0.15, 0.2) is 47.4 Å². The van der Waals surface area contributed by atoms with Gasteiger partial charge in [0, 0.05) is 34.5 Å². The first-order valence-corrected chi connectivity index (χ1v) is 10.2. The monoisotopic (exact) mass is 406 g/mol. The molecule has 0 radical (unpaired) electrons. The van der Waals surface area contributed by atoms with Crippen LogP contribution in [-0.4, -0.2) is 20.9 Å². The molecule has 0 saturated heterocycles. The molecule has 3 heterocycles. The smallest absolute Gasteiger partial charge is 0.261 e. The van der Waals surface area contributed by atoms with E-state index in [9.17, 15) is 9.59 Å². The van der Waals surface area contributed by atoms with Gasteiger partial charge in [-0.25, -0.2) is 4.98 Å². The Hall–Kier alpha value is -3.19. The second-order valence-electron chi connectivity index (χ2n) is 7.20. The third-order valence-corrected chi connectivity index (χ3v) is 6.18. The summed E-state index contributed by atoms with van der Waals surface area (Å²) in [7, 11) is 0. The summed E-state index contributed by atoms with van der Waals surface area (Å²) in [6.07, 6.45) is 2.47. The van der Waals surface area contributed by atoms with Crippen LogP contribution >= 0.6 is 11.3 Å². The molecule has 0 bridgehead atoms. The Morgan fingerprint density at radius 1 is 1.21 bits per heavy atom. The fourth-order valence-corrected chi connectivity index (χ4v) is 4.38. The summed E-state index contributed by atoms with van der Waals surface area (Å²) in [5, 5.41) is 4.18. The highest BCUT2D eigenvalue weighted by Gasteiger charge is 2.21. The summed E-state index contributed by atoms with van der Waals surface area (Å²) in [6, 6.07) is 10.9. The Morgan fingerprint density at radius 3 is 2.72 bits per heavy atom. The minimum atomic E-state index is -0.426. The van der Waals surface area contributed by atoms with E-state index < -0.39 is 6.04 Å². The zero-order valence-electron chi connectivity index (χ0n) is 16.5. The molecule has 3 N–H and O–H groups in total. The normalized spacial score (nSPS) is 12.2. The van der Waals surface area contributed by atoms with Crippen LogP contribution < -0.4 is 10.9 Å². The average molecular weight is 407 g/mol. The lowest BCUT2D eigenvalue weighted by Crippen LogP contribution is -2.31. The number of nitrogens with zero attached hydrogens (tertiary/aromatic N) is 1. The molecule has 148 valence electrons. The number of rotatable bonds is 5. The van der Waals surface area contributed by atoms with E-state index in [1.54, 1.807) is 6.92 Å². The van der Waals surface area contributed by atoms with Gasteiger partial charge in [-0.1, -0.05) is 18.2 Å². The molecule has 1 atom stereocenters. The first-order valence-electron chi connectivity index (χ1n) is 9.41. The first-order chi connectivity index (χ1) is 13.9. The van der Waals surface area contributed by atoms with E-state index in [2.05, 4.69) is 20.3 Å². The van der Waals surface area contributed by atoms with Crippen LogP contribution in [0.3, 0.4) is 0 Å². The van der Waals surface area contributed by atoms with E-state index in [-0.39, 0.29) is 11.5 Å². The van der Waals surface area contributed by atoms with Gasteiger partial charge in [0.25, 0.3) is 11.5 Å². The van der Waals surface area contributed by atoms with E-state index in [1.165, 1.54) is 17.4 Å². The van der Waals surface area contributed by atoms with Gasteiger partial charge >= 0.3 is 0 Å². The molecule has 7 heteroatoms. The number of aromatic nitrogens is 3. The van der Waals surface area contributed by atoms with E-state index >= 15 is 0 Å². The van der Waals surface area contributed by atoms with Crippen molar-refractivity contribution in [2.24, 2.45) is 0 Å². The quantitative estimate of drug-likeness (QED) is 0.469. The lowest BCUT2D eigenvalue weighted by molar-refractivity contribution is 0.0939. The number of amides is 1. The predicted molar refractivity (Wildman–Crippen MR) is 116 cm³/mol. The number of fused-ring (bicyclic) bond motifs is 1. The van der Waals surface area contributed by atoms with Crippen LogP contribution in [0.2, 0.25) is 0 Å². The van der Waals surface area contributed by atoms with Gasteiger partial charge in [-0.3, -0.25) is 9.59 Å². The van der Waals surface area contributed by atoms with Gasteiger partial charge in [0.1, 0.15) is 5.82 Å². The number of aryl methyl sites for hydroxylation is 3. The fourth-order valence-electron chi connectivity index (χ4n) is 3.45. The topological polar surface area (TPSA) is 90.6 Å². The van der Waals surface area contributed by atoms with E-state index in [0.717, 1.165) is 26.9 Å². The molecule has 4 aromatic rings. The molecule has 6 nitrogen and oxygen atoms in total. The minimum Gasteiger partial charge on any atom is -0.361 e. The number of para-hydroxylation sites is 1. The number of benzene rings is 1. The summed E-state index contributed by atoms with van der Waals surface area (Å²) in [4.78, 5) is 37.2. The largest absolute Gasteiger partial charge is 0.361 e. The fraction of sp³-hybridized carbons (Fsp3) is 0.227. The van der Waals surface area contributed by atoms with Crippen molar-refractivity contribution >= 4 is 28.1 Å². The summed E-state index contributed by atoms with van der Waals surface area (Å²) in [5.41, 5.74) is 3.51. The molecule has 0 spiro atoms. The molecule has 4 rings (SSSR count). The SMILES string of the molecule is Cc1nc(C(Cc2c[nH]c3ccccc23)NC(=O)c2cc(C)c(C)s2)cc(=O)[nH]1. The van der Waals surface area contributed by atoms with E-state index in [0.29, 0.717) is 22.8 Å². The van der Waals surface area contributed by atoms with Crippen LogP contribution in [0.25, 0.3) is 10.9 Å². The Balaban J connectivity index is 1.70. The maximum atomic E-state index is 12.9. The van der Waals surface area contributed by atoms with Crippen molar-refractivity contribution in [2.45, 2.75) is 33.2 Å². The summed E-state index contributed by atoms with van der Waals surface area (Å²) in [6.45, 7) is 5.73. The Labute approximate surface area is 172 Å². The third-order valence-electron chi connectivity index (χ3n) is 5.03. The van der Waals surface area contributed by atoms with Crippen LogP contribution in [-0.2, 0) is 6.42 Å². The second kappa shape index (κ2) is 7.67. The van der Waals surface area contributed by atoms with E-state index in [1.807, 2.05) is 50.4 Å². The molecular weight excluding hydrogens is 384 g/mol. The highest BCUT2D eigenvalue weighted by molar-refractivity contribution is 7.14. The maximum absolute atomic E-state index is 12.9. The lowest BCUT2D eigenvalue weighted by Gasteiger charge is -2.18. The van der Waals surface area contributed by atoms with Crippen molar-refractivity contribution in [1.82, 2.24) is 20.3 Å². The van der Waals surface area contributed by atoms with Crippen LogP contribution in [0.5, 0.6) is 0 Å². The van der Waals surface area contributed by atoms with Gasteiger partial charge in [0.2, 0.25) is 0 Å². The van der Waals surface area contributed by atoms with Gasteiger partial charge in [-0.05, 0) is 44.0 Å². The standard InChI is InChI=1S/C22H22N4O2S/c1-12-8-20(29-13(12)2)22(28)26-18(19-10-21(27)25-14(3)24-19)9-15-11-23-17-7-5-4-6-16(15)17/h4-8,10-11,18,23H,9H2,1-3H3,(H,26,28)(H,24,25,27). The number of carbonyl (C=O) groups excluding carboxylic acids is 1. The molecule has 3 aromatic heterocycles. The summed E-state index contributed by atoms with van der Waals surface area (Å²) >= 11 is 1.47. The molecule has 1 amide bonds. The van der Waals surface area contributed by atoms with Gasteiger partial charge < -0.3 is 15.3 Å². The van der Waals surface area contributed by atoms with Gasteiger partial charge in [0.15, 0.2) is 0 Å². The Bertz CT molecular complexity index is 1230. The zero-order chi connectivity index (χ0) is 20.5. The number of hydrogen-bond acceptors (Lipinski definition) is 4. The lowest BCUT2D eigenvalue weighted by atomic mass is 10.0. The number of carbonyl (C=O) groups is 1. The van der Waals surface area contributed by atoms with Crippen LogP contribution in [0, 0.1) is 20.8 Å². The molecule has 1 aromatic carbocycles. The number of hydrogen-bond donors (Lipinski definition) is 3. The number of aromatic amines is 2. The zero-order valence-corrected chi connectivity index (χ0v) is 17.3. The van der Waals surface area contributed by atoms with Crippen molar-refractivity contribution in [3.05, 3.63) is 85.3 Å². The van der Waals surface area contributed by atoms with Gasteiger partial charge in [-0.15, -0.1) is 11.3 Å². The first kappa shape index (κ1) is 19.1. The van der Waals surface area contributed by atoms with E-state index in [4.69, 9.17) is 0 Å². The second-order valence-corrected chi connectivity index (χ2v) is 8.45. The summed E-state index contributed by atoms with van der Waals surface area (Å²) in [5.74, 6) is 0.365. The van der Waals surface area contributed by atoms with Crippen molar-refractivity contribution < 1.29 is 4.79 Å². The Morgan fingerprint density at radius 2 is 2.00 bits per heavy atom. The third kappa shape index (κ3) is 4.00. The predicted octanol–water partition coefficient (Wildman–Crippen LogP) is 3.95. The van der Waals surface area contributed by atoms with Crippen molar-refractivity contribution in [3.63, 3.8) is 0 Å². The molecule has 1 unspecified atom stereocenters. The molecule has 0 saturated carbocycles. The van der Waals surface area contributed by atoms with Crippen LogP contribution in [0.1, 0.15) is 43.2 Å². The van der Waals surface area contributed by atoms with Gasteiger partial charge in [-0.2, -0.15) is 0 Å².